The molecule has 0 N–H and O–H groups in total. The first-order valence-corrected chi connectivity index (χ1v) is 4.51. The van der Waals surface area contributed by atoms with Gasteiger partial charge in [0, 0.05) is 19.1 Å². The lowest BCUT2D eigenvalue weighted by molar-refractivity contribution is 0.193. The molecule has 2 atom stereocenters. The van der Waals surface area contributed by atoms with Gasteiger partial charge in [-0.1, -0.05) is 0 Å². The Morgan fingerprint density at radius 1 is 1.45 bits per heavy atom. The minimum atomic E-state index is 0.694. The molecule has 0 aromatic carbocycles. The first kappa shape index (κ1) is 9.01. The number of hydrogen-bond donors (Lipinski definition) is 0. The molecule has 0 bridgehead atoms. The summed E-state index contributed by atoms with van der Waals surface area (Å²) in [6.07, 6.45) is 2.66. The summed E-state index contributed by atoms with van der Waals surface area (Å²) in [5.41, 5.74) is 0. The average molecular weight is 155 g/mol. The molecule has 0 saturated carbocycles. The lowest BCUT2D eigenvalue weighted by Crippen LogP contribution is -2.39. The van der Waals surface area contributed by atoms with Gasteiger partial charge in [-0.15, -0.1) is 0 Å². The molecule has 0 aromatic rings. The van der Waals surface area contributed by atoms with Gasteiger partial charge in [-0.05, 0) is 39.8 Å². The molecule has 1 heterocycles. The van der Waals surface area contributed by atoms with E-state index in [-0.39, 0.29) is 0 Å². The van der Waals surface area contributed by atoms with Crippen LogP contribution in [0.1, 0.15) is 19.8 Å². The van der Waals surface area contributed by atoms with Gasteiger partial charge >= 0.3 is 0 Å². The van der Waals surface area contributed by atoms with Crippen molar-refractivity contribution in [3.05, 3.63) is 0 Å². The van der Waals surface area contributed by atoms with Crippen LogP contribution in [0.3, 0.4) is 0 Å². The Hall–Kier alpha value is -0.0800. The maximum atomic E-state index is 4.44. The summed E-state index contributed by atoms with van der Waals surface area (Å²) >= 11 is 0. The van der Waals surface area contributed by atoms with Crippen molar-refractivity contribution in [1.82, 2.24) is 10.2 Å². The average Bonchev–Trinajstić information content (AvgIpc) is 2.05. The molecule has 11 heavy (non-hydrogen) atoms. The molecule has 2 unspecified atom stereocenters. The van der Waals surface area contributed by atoms with Crippen LogP contribution in [0.2, 0.25) is 0 Å². The van der Waals surface area contributed by atoms with Crippen molar-refractivity contribution in [3.63, 3.8) is 0 Å². The predicted molar refractivity (Wildman–Crippen MR) is 47.7 cm³/mol. The largest absolute Gasteiger partial charge is 0.306 e. The Morgan fingerprint density at radius 3 is 2.64 bits per heavy atom. The number of hydrogen-bond acceptors (Lipinski definition) is 1. The highest BCUT2D eigenvalue weighted by molar-refractivity contribution is 4.77. The minimum Gasteiger partial charge on any atom is -0.306 e. The lowest BCUT2D eigenvalue weighted by atomic mass is 9.92. The first-order chi connectivity index (χ1) is 5.22. The Labute approximate surface area is 70.0 Å². The lowest BCUT2D eigenvalue weighted by Gasteiger charge is -2.31. The van der Waals surface area contributed by atoms with E-state index in [0.717, 1.165) is 19.0 Å². The normalized spacial score (nSPS) is 28.9. The third-order valence-electron chi connectivity index (χ3n) is 2.75. The van der Waals surface area contributed by atoms with Gasteiger partial charge in [-0.2, -0.15) is 0 Å². The molecule has 1 aliphatic heterocycles. The Kier molecular flexibility index (Phi) is 3.34. The molecule has 2 heteroatoms. The number of piperidine rings is 1. The maximum Gasteiger partial charge on any atom is 0.0176 e. The standard InChI is InChI=1S/C9H19N2/c1-8(11(2)3)9-5-4-6-10-7-9/h8-9H,4-7H2,1-3H3. The molecule has 2 nitrogen and oxygen atoms in total. The monoisotopic (exact) mass is 155 g/mol. The molecule has 0 amide bonds. The van der Waals surface area contributed by atoms with Crippen LogP contribution in [-0.2, 0) is 0 Å². The van der Waals surface area contributed by atoms with E-state index in [2.05, 4.69) is 31.2 Å². The van der Waals surface area contributed by atoms with Crippen LogP contribution in [0.15, 0.2) is 0 Å². The van der Waals surface area contributed by atoms with Crippen molar-refractivity contribution in [2.45, 2.75) is 25.8 Å². The molecule has 1 fully saturated rings. The van der Waals surface area contributed by atoms with Crippen molar-refractivity contribution in [2.24, 2.45) is 5.92 Å². The summed E-state index contributed by atoms with van der Waals surface area (Å²) in [6.45, 7) is 4.47. The molecule has 0 spiro atoms. The van der Waals surface area contributed by atoms with Gasteiger partial charge in [0.15, 0.2) is 0 Å². The van der Waals surface area contributed by atoms with Crippen LogP contribution < -0.4 is 5.32 Å². The fraction of sp³-hybridized carbons (Fsp3) is 1.00. The Balaban J connectivity index is 2.32. The van der Waals surface area contributed by atoms with Crippen LogP contribution in [-0.4, -0.2) is 38.1 Å². The Morgan fingerprint density at radius 2 is 2.18 bits per heavy atom. The Bertz CT molecular complexity index is 106. The summed E-state index contributed by atoms with van der Waals surface area (Å²) in [5.74, 6) is 0.804. The number of nitrogens with zero attached hydrogens (tertiary/aromatic N) is 2. The van der Waals surface area contributed by atoms with Gasteiger partial charge in [0.05, 0.1) is 0 Å². The van der Waals surface area contributed by atoms with Crippen LogP contribution >= 0.6 is 0 Å². The third-order valence-corrected chi connectivity index (χ3v) is 2.75. The van der Waals surface area contributed by atoms with E-state index < -0.39 is 0 Å². The maximum absolute atomic E-state index is 4.44. The SMILES string of the molecule is CC(C1CCC[N]C1)N(C)C. The zero-order chi connectivity index (χ0) is 8.27. The molecule has 1 saturated heterocycles. The van der Waals surface area contributed by atoms with Gasteiger partial charge in [0.1, 0.15) is 0 Å². The van der Waals surface area contributed by atoms with E-state index in [4.69, 9.17) is 0 Å². The van der Waals surface area contributed by atoms with E-state index in [0.29, 0.717) is 6.04 Å². The zero-order valence-corrected chi connectivity index (χ0v) is 7.88. The molecule has 1 aliphatic rings. The van der Waals surface area contributed by atoms with E-state index in [1.165, 1.54) is 12.8 Å². The predicted octanol–water partition coefficient (Wildman–Crippen LogP) is 0.951. The molecule has 1 rings (SSSR count). The van der Waals surface area contributed by atoms with Crippen molar-refractivity contribution in [3.8, 4) is 0 Å². The molecule has 0 aliphatic carbocycles. The van der Waals surface area contributed by atoms with Crippen molar-refractivity contribution in [1.29, 1.82) is 0 Å². The van der Waals surface area contributed by atoms with Gasteiger partial charge in [0.25, 0.3) is 0 Å². The van der Waals surface area contributed by atoms with E-state index in [1.54, 1.807) is 0 Å². The summed E-state index contributed by atoms with van der Waals surface area (Å²) in [4.78, 5) is 2.30. The minimum absolute atomic E-state index is 0.694. The summed E-state index contributed by atoms with van der Waals surface area (Å²) in [5, 5.41) is 4.44. The summed E-state index contributed by atoms with van der Waals surface area (Å²) in [6, 6.07) is 0.694. The van der Waals surface area contributed by atoms with Crippen molar-refractivity contribution >= 4 is 0 Å². The second-order valence-electron chi connectivity index (χ2n) is 3.74. The highest BCUT2D eigenvalue weighted by atomic mass is 15.1. The zero-order valence-electron chi connectivity index (χ0n) is 7.88. The smallest absolute Gasteiger partial charge is 0.0176 e. The van der Waals surface area contributed by atoms with Crippen molar-refractivity contribution in [2.75, 3.05) is 27.2 Å². The molecular weight excluding hydrogens is 136 g/mol. The summed E-state index contributed by atoms with van der Waals surface area (Å²) in [7, 11) is 4.30. The fourth-order valence-electron chi connectivity index (χ4n) is 1.63. The second-order valence-corrected chi connectivity index (χ2v) is 3.74. The van der Waals surface area contributed by atoms with E-state index in [9.17, 15) is 0 Å². The van der Waals surface area contributed by atoms with Crippen LogP contribution in [0.4, 0.5) is 0 Å². The van der Waals surface area contributed by atoms with E-state index >= 15 is 0 Å². The van der Waals surface area contributed by atoms with Gasteiger partial charge in [0.2, 0.25) is 0 Å². The topological polar surface area (TPSA) is 17.3 Å². The third kappa shape index (κ3) is 2.46. The highest BCUT2D eigenvalue weighted by Crippen LogP contribution is 2.17. The fourth-order valence-corrected chi connectivity index (χ4v) is 1.63. The highest BCUT2D eigenvalue weighted by Gasteiger charge is 2.21. The molecule has 65 valence electrons. The van der Waals surface area contributed by atoms with E-state index in [1.807, 2.05) is 0 Å². The van der Waals surface area contributed by atoms with Crippen LogP contribution in [0.25, 0.3) is 0 Å². The summed E-state index contributed by atoms with van der Waals surface area (Å²) < 4.78 is 0. The molecule has 0 aromatic heterocycles. The van der Waals surface area contributed by atoms with Crippen LogP contribution in [0, 0.1) is 5.92 Å². The molecule has 1 radical (unpaired) electrons. The second kappa shape index (κ2) is 4.07. The van der Waals surface area contributed by atoms with Gasteiger partial charge < -0.3 is 4.90 Å². The van der Waals surface area contributed by atoms with Gasteiger partial charge in [-0.3, -0.25) is 0 Å². The first-order valence-electron chi connectivity index (χ1n) is 4.51. The van der Waals surface area contributed by atoms with Gasteiger partial charge in [-0.25, -0.2) is 5.32 Å². The number of rotatable bonds is 2. The quantitative estimate of drug-likeness (QED) is 0.580. The van der Waals surface area contributed by atoms with Crippen LogP contribution in [0.5, 0.6) is 0 Å². The molecular formula is C9H19N2. The van der Waals surface area contributed by atoms with Crippen molar-refractivity contribution < 1.29 is 0 Å².